The van der Waals surface area contributed by atoms with Gasteiger partial charge in [-0.3, -0.25) is 9.97 Å². The molecule has 0 aliphatic carbocycles. The quantitative estimate of drug-likeness (QED) is 0.845. The van der Waals surface area contributed by atoms with E-state index in [-0.39, 0.29) is 0 Å². The molecular formula is C13H15N3. The second-order valence-electron chi connectivity index (χ2n) is 3.68. The van der Waals surface area contributed by atoms with Gasteiger partial charge in [0, 0.05) is 18.0 Å². The van der Waals surface area contributed by atoms with Crippen LogP contribution in [-0.4, -0.2) is 16.5 Å². The summed E-state index contributed by atoms with van der Waals surface area (Å²) in [5, 5.41) is 0. The van der Waals surface area contributed by atoms with Gasteiger partial charge in [-0.05, 0) is 31.0 Å². The molecule has 0 spiro atoms. The average Bonchev–Trinajstić information content (AvgIpc) is 2.38. The standard InChI is InChI=1S/C13H15N3/c14-6-2-4-11-3-1-5-12(9-11)13-10-15-7-8-16-13/h1,3,5,7-10H,2,4,6,14H2. The molecular weight excluding hydrogens is 198 g/mol. The van der Waals surface area contributed by atoms with Crippen LogP contribution < -0.4 is 5.73 Å². The smallest absolute Gasteiger partial charge is 0.0885 e. The molecule has 2 aromatic rings. The van der Waals surface area contributed by atoms with Gasteiger partial charge < -0.3 is 5.73 Å². The number of hydrogen-bond donors (Lipinski definition) is 1. The Hall–Kier alpha value is -1.74. The Morgan fingerprint density at radius 1 is 1.19 bits per heavy atom. The Labute approximate surface area is 95.4 Å². The first-order chi connectivity index (χ1) is 7.90. The van der Waals surface area contributed by atoms with Gasteiger partial charge in [-0.2, -0.15) is 0 Å². The first-order valence-corrected chi connectivity index (χ1v) is 5.45. The van der Waals surface area contributed by atoms with Gasteiger partial charge in [-0.1, -0.05) is 18.2 Å². The number of aromatic nitrogens is 2. The maximum atomic E-state index is 5.50. The Kier molecular flexibility index (Phi) is 3.62. The minimum atomic E-state index is 0.732. The fraction of sp³-hybridized carbons (Fsp3) is 0.231. The van der Waals surface area contributed by atoms with Crippen LogP contribution in [0.5, 0.6) is 0 Å². The van der Waals surface area contributed by atoms with Crippen molar-refractivity contribution >= 4 is 0 Å². The summed E-state index contributed by atoms with van der Waals surface area (Å²) in [6.07, 6.45) is 7.21. The summed E-state index contributed by atoms with van der Waals surface area (Å²) in [7, 11) is 0. The monoisotopic (exact) mass is 213 g/mol. The number of aryl methyl sites for hydroxylation is 1. The van der Waals surface area contributed by atoms with Crippen LogP contribution in [0.25, 0.3) is 11.3 Å². The lowest BCUT2D eigenvalue weighted by Gasteiger charge is -2.03. The van der Waals surface area contributed by atoms with Gasteiger partial charge >= 0.3 is 0 Å². The number of nitrogens with two attached hydrogens (primary N) is 1. The summed E-state index contributed by atoms with van der Waals surface area (Å²) in [5.41, 5.74) is 8.83. The minimum Gasteiger partial charge on any atom is -0.330 e. The number of rotatable bonds is 4. The Balaban J connectivity index is 2.22. The highest BCUT2D eigenvalue weighted by molar-refractivity contribution is 5.58. The van der Waals surface area contributed by atoms with Crippen molar-refractivity contribution in [2.45, 2.75) is 12.8 Å². The van der Waals surface area contributed by atoms with Crippen LogP contribution in [0.3, 0.4) is 0 Å². The molecule has 0 saturated carbocycles. The topological polar surface area (TPSA) is 51.8 Å². The maximum absolute atomic E-state index is 5.50. The average molecular weight is 213 g/mol. The van der Waals surface area contributed by atoms with E-state index in [0.717, 1.165) is 30.6 Å². The first kappa shape index (κ1) is 10.8. The summed E-state index contributed by atoms with van der Waals surface area (Å²) >= 11 is 0. The zero-order valence-electron chi connectivity index (χ0n) is 9.13. The van der Waals surface area contributed by atoms with Gasteiger partial charge in [0.15, 0.2) is 0 Å². The van der Waals surface area contributed by atoms with Gasteiger partial charge in [-0.25, -0.2) is 0 Å². The summed E-state index contributed by atoms with van der Waals surface area (Å²) in [4.78, 5) is 8.35. The molecule has 0 bridgehead atoms. The van der Waals surface area contributed by atoms with Gasteiger partial charge in [0.2, 0.25) is 0 Å². The molecule has 0 amide bonds. The molecule has 0 atom stereocenters. The van der Waals surface area contributed by atoms with E-state index in [9.17, 15) is 0 Å². The van der Waals surface area contributed by atoms with Crippen LogP contribution >= 0.6 is 0 Å². The predicted molar refractivity (Wildman–Crippen MR) is 64.8 cm³/mol. The minimum absolute atomic E-state index is 0.732. The molecule has 1 aromatic heterocycles. The van der Waals surface area contributed by atoms with Crippen molar-refractivity contribution in [1.29, 1.82) is 0 Å². The lowest BCUT2D eigenvalue weighted by molar-refractivity contribution is 0.833. The molecule has 0 saturated heterocycles. The molecule has 0 fully saturated rings. The Morgan fingerprint density at radius 3 is 2.88 bits per heavy atom. The molecule has 0 aliphatic rings. The van der Waals surface area contributed by atoms with Crippen molar-refractivity contribution in [1.82, 2.24) is 9.97 Å². The molecule has 2 N–H and O–H groups in total. The highest BCUT2D eigenvalue weighted by atomic mass is 14.8. The summed E-state index contributed by atoms with van der Waals surface area (Å²) in [6.45, 7) is 0.732. The van der Waals surface area contributed by atoms with E-state index in [1.807, 2.05) is 0 Å². The van der Waals surface area contributed by atoms with E-state index in [0.29, 0.717) is 0 Å². The van der Waals surface area contributed by atoms with Crippen molar-refractivity contribution in [2.75, 3.05) is 6.54 Å². The molecule has 3 heteroatoms. The lowest BCUT2D eigenvalue weighted by atomic mass is 10.0. The van der Waals surface area contributed by atoms with Crippen LogP contribution in [0, 0.1) is 0 Å². The second-order valence-corrected chi connectivity index (χ2v) is 3.68. The van der Waals surface area contributed by atoms with Gasteiger partial charge in [0.25, 0.3) is 0 Å². The number of benzene rings is 1. The van der Waals surface area contributed by atoms with Crippen LogP contribution in [0.4, 0.5) is 0 Å². The summed E-state index contributed by atoms with van der Waals surface area (Å²) in [6, 6.07) is 8.38. The summed E-state index contributed by atoms with van der Waals surface area (Å²) in [5.74, 6) is 0. The number of nitrogens with zero attached hydrogens (tertiary/aromatic N) is 2. The SMILES string of the molecule is NCCCc1cccc(-c2cnccn2)c1. The number of hydrogen-bond acceptors (Lipinski definition) is 3. The second kappa shape index (κ2) is 5.37. The van der Waals surface area contributed by atoms with E-state index in [2.05, 4.69) is 34.2 Å². The van der Waals surface area contributed by atoms with Crippen molar-refractivity contribution in [3.8, 4) is 11.3 Å². The summed E-state index contributed by atoms with van der Waals surface area (Å²) < 4.78 is 0. The van der Waals surface area contributed by atoms with Crippen LogP contribution in [0.15, 0.2) is 42.9 Å². The third kappa shape index (κ3) is 2.64. The predicted octanol–water partition coefficient (Wildman–Crippen LogP) is 2.03. The zero-order chi connectivity index (χ0) is 11.2. The van der Waals surface area contributed by atoms with Crippen LogP contribution in [0.2, 0.25) is 0 Å². The fourth-order valence-electron chi connectivity index (χ4n) is 1.64. The largest absolute Gasteiger partial charge is 0.330 e. The van der Waals surface area contributed by atoms with E-state index in [4.69, 9.17) is 5.73 Å². The lowest BCUT2D eigenvalue weighted by Crippen LogP contribution is -2.00. The van der Waals surface area contributed by atoms with E-state index in [1.54, 1.807) is 18.6 Å². The third-order valence-electron chi connectivity index (χ3n) is 2.46. The highest BCUT2D eigenvalue weighted by Gasteiger charge is 1.99. The van der Waals surface area contributed by atoms with Crippen molar-refractivity contribution in [3.05, 3.63) is 48.4 Å². The first-order valence-electron chi connectivity index (χ1n) is 5.45. The van der Waals surface area contributed by atoms with E-state index in [1.165, 1.54) is 5.56 Å². The van der Waals surface area contributed by atoms with Crippen molar-refractivity contribution < 1.29 is 0 Å². The van der Waals surface area contributed by atoms with E-state index >= 15 is 0 Å². The zero-order valence-corrected chi connectivity index (χ0v) is 9.13. The van der Waals surface area contributed by atoms with E-state index < -0.39 is 0 Å². The molecule has 82 valence electrons. The van der Waals surface area contributed by atoms with Crippen molar-refractivity contribution in [2.24, 2.45) is 5.73 Å². The van der Waals surface area contributed by atoms with Gasteiger partial charge in [0.1, 0.15) is 0 Å². The van der Waals surface area contributed by atoms with Crippen molar-refractivity contribution in [3.63, 3.8) is 0 Å². The highest BCUT2D eigenvalue weighted by Crippen LogP contribution is 2.17. The maximum Gasteiger partial charge on any atom is 0.0885 e. The fourth-order valence-corrected chi connectivity index (χ4v) is 1.64. The third-order valence-corrected chi connectivity index (χ3v) is 2.46. The Bertz CT molecular complexity index is 440. The molecule has 2 rings (SSSR count). The van der Waals surface area contributed by atoms with Gasteiger partial charge in [0.05, 0.1) is 11.9 Å². The van der Waals surface area contributed by atoms with Crippen LogP contribution in [0.1, 0.15) is 12.0 Å². The molecule has 0 aliphatic heterocycles. The molecule has 1 heterocycles. The van der Waals surface area contributed by atoms with Gasteiger partial charge in [-0.15, -0.1) is 0 Å². The molecule has 16 heavy (non-hydrogen) atoms. The Morgan fingerprint density at radius 2 is 2.12 bits per heavy atom. The molecule has 0 radical (unpaired) electrons. The van der Waals surface area contributed by atoms with Crippen LogP contribution in [-0.2, 0) is 6.42 Å². The molecule has 0 unspecified atom stereocenters. The molecule has 3 nitrogen and oxygen atoms in total. The molecule has 1 aromatic carbocycles. The normalized spacial score (nSPS) is 10.3.